The van der Waals surface area contributed by atoms with Crippen LogP contribution in [0, 0.1) is 5.82 Å². The van der Waals surface area contributed by atoms with Crippen molar-refractivity contribution >= 4 is 43.3 Å². The van der Waals surface area contributed by atoms with Gasteiger partial charge in [0.25, 0.3) is 10.0 Å². The third-order valence-electron chi connectivity index (χ3n) is 6.69. The molecule has 0 radical (unpaired) electrons. The highest BCUT2D eigenvalue weighted by Crippen LogP contribution is 2.31. The Labute approximate surface area is 231 Å². The maximum absolute atomic E-state index is 13.7. The van der Waals surface area contributed by atoms with E-state index in [9.17, 15) is 21.2 Å². The van der Waals surface area contributed by atoms with E-state index in [0.717, 1.165) is 5.56 Å². The highest BCUT2D eigenvalue weighted by molar-refractivity contribution is 7.90. The molecule has 2 heterocycles. The number of halogens is 2. The minimum Gasteiger partial charge on any atom is -0.339 e. The molecule has 0 amide bonds. The molecule has 0 spiro atoms. The molecule has 0 saturated carbocycles. The Morgan fingerprint density at radius 2 is 1.62 bits per heavy atom. The van der Waals surface area contributed by atoms with Gasteiger partial charge in [0, 0.05) is 24.0 Å². The van der Waals surface area contributed by atoms with Crippen molar-refractivity contribution in [3.05, 3.63) is 101 Å². The minimum absolute atomic E-state index is 0.0193. The number of rotatable bonds is 5. The summed E-state index contributed by atoms with van der Waals surface area (Å²) >= 11 is 5.93. The lowest BCUT2D eigenvalue weighted by molar-refractivity contribution is 0.376. The number of hydrogen-bond donors (Lipinski definition) is 1. The number of nitrogens with two attached hydrogens (primary N) is 1. The third kappa shape index (κ3) is 5.98. The first-order chi connectivity index (χ1) is 18.5. The molecule has 1 saturated heterocycles. The van der Waals surface area contributed by atoms with Crippen molar-refractivity contribution in [1.29, 1.82) is 0 Å². The molecular weight excluding hydrogens is 565 g/mol. The lowest BCUT2D eigenvalue weighted by Crippen LogP contribution is -2.42. The summed E-state index contributed by atoms with van der Waals surface area (Å²) in [5.41, 5.74) is 2.18. The van der Waals surface area contributed by atoms with Crippen LogP contribution < -0.4 is 5.14 Å². The van der Waals surface area contributed by atoms with E-state index in [0.29, 0.717) is 16.3 Å². The van der Waals surface area contributed by atoms with Gasteiger partial charge in [-0.15, -0.1) is 4.40 Å². The standard InChI is InChI=1S/C26H25ClFN5O4S2/c27-20-8-12-22(13-9-20)39(36,37)31-26(32-15-14-23(16-32)38(29,34)35)33-17-24(18-4-2-1-3-5-18)25(30-33)19-6-10-21(28)11-7-19/h1-13,23-24H,14-17H2,(H2,29,34,35)/b31-26-/t23-,24-/m0/s1. The first-order valence-electron chi connectivity index (χ1n) is 12.1. The SMILES string of the molecule is NS(=O)(=O)[C@H]1CCN(/C(=N/S(=O)(=O)c2ccc(Cl)cc2)N2C[C@@H](c3ccccc3)C(c3ccc(F)cc3)=N2)C1. The molecule has 2 N–H and O–H groups in total. The van der Waals surface area contributed by atoms with Gasteiger partial charge >= 0.3 is 0 Å². The molecule has 5 rings (SSSR count). The van der Waals surface area contributed by atoms with Crippen molar-refractivity contribution in [2.45, 2.75) is 22.5 Å². The zero-order valence-corrected chi connectivity index (χ0v) is 22.9. The number of primary sulfonamides is 1. The highest BCUT2D eigenvalue weighted by Gasteiger charge is 2.39. The van der Waals surface area contributed by atoms with Gasteiger partial charge in [0.15, 0.2) is 0 Å². The highest BCUT2D eigenvalue weighted by atomic mass is 35.5. The second-order valence-corrected chi connectivity index (χ2v) is 13.2. The number of sulfonamides is 2. The first kappa shape index (κ1) is 27.3. The maximum atomic E-state index is 13.7. The smallest absolute Gasteiger partial charge is 0.285 e. The molecular formula is C26H25ClFN5O4S2. The summed E-state index contributed by atoms with van der Waals surface area (Å²) in [5, 5.41) is 11.1. The Morgan fingerprint density at radius 3 is 2.23 bits per heavy atom. The molecule has 13 heteroatoms. The second kappa shape index (κ2) is 10.7. The summed E-state index contributed by atoms with van der Waals surface area (Å²) < 4.78 is 68.7. The van der Waals surface area contributed by atoms with Crippen molar-refractivity contribution in [2.75, 3.05) is 19.6 Å². The lowest BCUT2D eigenvalue weighted by atomic mass is 9.91. The number of nitrogens with zero attached hydrogens (tertiary/aromatic N) is 4. The molecule has 0 aromatic heterocycles. The summed E-state index contributed by atoms with van der Waals surface area (Å²) in [4.78, 5) is 1.50. The van der Waals surface area contributed by atoms with E-state index in [1.165, 1.54) is 41.4 Å². The number of likely N-dealkylation sites (tertiary alicyclic amines) is 1. The number of guanidine groups is 1. The predicted molar refractivity (Wildman–Crippen MR) is 148 cm³/mol. The van der Waals surface area contributed by atoms with Crippen LogP contribution in [0.3, 0.4) is 0 Å². The van der Waals surface area contributed by atoms with Gasteiger partial charge in [-0.05, 0) is 53.9 Å². The number of hydrogen-bond acceptors (Lipinski definition) is 5. The van der Waals surface area contributed by atoms with Crippen LogP contribution in [-0.4, -0.2) is 63.3 Å². The van der Waals surface area contributed by atoms with Crippen LogP contribution in [0.4, 0.5) is 4.39 Å². The van der Waals surface area contributed by atoms with Crippen LogP contribution in [0.1, 0.15) is 23.5 Å². The average Bonchev–Trinajstić information content (AvgIpc) is 3.57. The fourth-order valence-electron chi connectivity index (χ4n) is 4.67. The van der Waals surface area contributed by atoms with Gasteiger partial charge in [0.1, 0.15) is 5.82 Å². The van der Waals surface area contributed by atoms with Gasteiger partial charge in [-0.2, -0.15) is 13.5 Å². The van der Waals surface area contributed by atoms with Gasteiger partial charge < -0.3 is 4.90 Å². The van der Waals surface area contributed by atoms with Crippen molar-refractivity contribution in [3.8, 4) is 0 Å². The van der Waals surface area contributed by atoms with E-state index in [2.05, 4.69) is 4.40 Å². The molecule has 2 aliphatic rings. The van der Waals surface area contributed by atoms with E-state index in [1.807, 2.05) is 30.3 Å². The molecule has 0 aliphatic carbocycles. The molecule has 0 bridgehead atoms. The van der Waals surface area contributed by atoms with Crippen molar-refractivity contribution in [2.24, 2.45) is 14.6 Å². The molecule has 2 atom stereocenters. The molecule has 2 aliphatic heterocycles. The fraction of sp³-hybridized carbons (Fsp3) is 0.231. The van der Waals surface area contributed by atoms with Crippen LogP contribution in [0.25, 0.3) is 0 Å². The van der Waals surface area contributed by atoms with Crippen molar-refractivity contribution in [3.63, 3.8) is 0 Å². The minimum atomic E-state index is -4.23. The zero-order chi connectivity index (χ0) is 27.8. The van der Waals surface area contributed by atoms with Crippen LogP contribution in [0.5, 0.6) is 0 Å². The molecule has 3 aromatic carbocycles. The second-order valence-electron chi connectivity index (χ2n) is 9.30. The summed E-state index contributed by atoms with van der Waals surface area (Å²) in [6, 6.07) is 21.0. The number of benzene rings is 3. The van der Waals surface area contributed by atoms with Crippen molar-refractivity contribution < 1.29 is 21.2 Å². The molecule has 9 nitrogen and oxygen atoms in total. The molecule has 0 unspecified atom stereocenters. The van der Waals surface area contributed by atoms with Gasteiger partial charge in [-0.25, -0.2) is 23.0 Å². The first-order valence-corrected chi connectivity index (χ1v) is 15.5. The van der Waals surface area contributed by atoms with Crippen LogP contribution in [-0.2, 0) is 20.0 Å². The average molecular weight is 590 g/mol. The summed E-state index contributed by atoms with van der Waals surface area (Å²) in [6.45, 7) is 0.397. The molecule has 204 valence electrons. The maximum Gasteiger partial charge on any atom is 0.285 e. The largest absolute Gasteiger partial charge is 0.339 e. The summed E-state index contributed by atoms with van der Waals surface area (Å²) in [6.07, 6.45) is 0.212. The summed E-state index contributed by atoms with van der Waals surface area (Å²) in [5.74, 6) is -0.709. The van der Waals surface area contributed by atoms with E-state index in [1.54, 1.807) is 17.0 Å². The Kier molecular flexibility index (Phi) is 7.47. The van der Waals surface area contributed by atoms with E-state index >= 15 is 0 Å². The van der Waals surface area contributed by atoms with Crippen LogP contribution in [0.15, 0.2) is 93.3 Å². The van der Waals surface area contributed by atoms with Crippen LogP contribution in [0.2, 0.25) is 5.02 Å². The molecule has 39 heavy (non-hydrogen) atoms. The summed E-state index contributed by atoms with van der Waals surface area (Å²) in [7, 11) is -8.08. The monoisotopic (exact) mass is 589 g/mol. The van der Waals surface area contributed by atoms with Gasteiger partial charge in [-0.3, -0.25) is 0 Å². The lowest BCUT2D eigenvalue weighted by Gasteiger charge is -2.26. The number of hydrazone groups is 1. The Morgan fingerprint density at radius 1 is 0.949 bits per heavy atom. The Balaban J connectivity index is 1.60. The van der Waals surface area contributed by atoms with E-state index in [-0.39, 0.29) is 42.8 Å². The van der Waals surface area contributed by atoms with Crippen molar-refractivity contribution in [1.82, 2.24) is 9.91 Å². The molecule has 3 aromatic rings. The quantitative estimate of drug-likeness (QED) is 0.359. The van der Waals surface area contributed by atoms with E-state index in [4.69, 9.17) is 21.8 Å². The van der Waals surface area contributed by atoms with Gasteiger partial charge in [-0.1, -0.05) is 54.1 Å². The zero-order valence-electron chi connectivity index (χ0n) is 20.6. The Hall–Kier alpha value is -3.32. The van der Waals surface area contributed by atoms with Crippen LogP contribution >= 0.6 is 11.6 Å². The third-order valence-corrected chi connectivity index (χ3v) is 9.53. The fourth-order valence-corrected chi connectivity index (χ4v) is 6.63. The van der Waals surface area contributed by atoms with E-state index < -0.39 is 31.1 Å². The Bertz CT molecular complexity index is 1630. The normalized spacial score (nSPS) is 20.4. The van der Waals surface area contributed by atoms with Gasteiger partial charge in [0.05, 0.1) is 22.4 Å². The molecule has 1 fully saturated rings. The van der Waals surface area contributed by atoms with Gasteiger partial charge in [0.2, 0.25) is 16.0 Å². The topological polar surface area (TPSA) is 126 Å². The predicted octanol–water partition coefficient (Wildman–Crippen LogP) is 3.39.